The number of hydrogen-bond acceptors (Lipinski definition) is 4. The topological polar surface area (TPSA) is 61.9 Å². The van der Waals surface area contributed by atoms with Crippen molar-refractivity contribution in [2.75, 3.05) is 43.5 Å². The Bertz CT molecular complexity index is 804. The highest BCUT2D eigenvalue weighted by molar-refractivity contribution is 6.33. The molecule has 0 atom stereocenters. The number of esters is 1. The van der Waals surface area contributed by atoms with Crippen molar-refractivity contribution >= 4 is 35.0 Å². The lowest BCUT2D eigenvalue weighted by atomic mass is 10.1. The van der Waals surface area contributed by atoms with Crippen LogP contribution in [0.15, 0.2) is 48.5 Å². The minimum absolute atomic E-state index is 0.181. The lowest BCUT2D eigenvalue weighted by molar-refractivity contribution is 0.0601. The molecule has 1 saturated heterocycles. The molecule has 0 spiro atoms. The van der Waals surface area contributed by atoms with Crippen LogP contribution in [0, 0.1) is 0 Å². The second kappa shape index (κ2) is 8.10. The van der Waals surface area contributed by atoms with Crippen LogP contribution in [0.4, 0.5) is 16.2 Å². The normalized spacial score (nSPS) is 14.1. The lowest BCUT2D eigenvalue weighted by Crippen LogP contribution is -2.50. The van der Waals surface area contributed by atoms with Gasteiger partial charge >= 0.3 is 12.0 Å². The molecule has 7 heteroatoms. The fraction of sp³-hybridized carbons (Fsp3) is 0.263. The van der Waals surface area contributed by atoms with E-state index in [9.17, 15) is 9.59 Å². The highest BCUT2D eigenvalue weighted by Gasteiger charge is 2.24. The van der Waals surface area contributed by atoms with Crippen LogP contribution < -0.4 is 10.2 Å². The van der Waals surface area contributed by atoms with Gasteiger partial charge in [0.05, 0.1) is 29.1 Å². The first-order valence-electron chi connectivity index (χ1n) is 8.33. The summed E-state index contributed by atoms with van der Waals surface area (Å²) in [4.78, 5) is 28.2. The Hall–Kier alpha value is -2.73. The molecule has 3 rings (SSSR count). The van der Waals surface area contributed by atoms with Crippen LogP contribution in [-0.2, 0) is 4.74 Å². The van der Waals surface area contributed by atoms with Crippen LogP contribution in [-0.4, -0.2) is 50.2 Å². The Labute approximate surface area is 157 Å². The molecule has 0 bridgehead atoms. The van der Waals surface area contributed by atoms with Gasteiger partial charge in [0, 0.05) is 26.2 Å². The van der Waals surface area contributed by atoms with E-state index < -0.39 is 0 Å². The van der Waals surface area contributed by atoms with Crippen molar-refractivity contribution in [3.63, 3.8) is 0 Å². The highest BCUT2D eigenvalue weighted by Crippen LogP contribution is 2.24. The molecule has 0 aliphatic carbocycles. The Balaban J connectivity index is 1.64. The number of urea groups is 1. The molecule has 0 saturated carbocycles. The molecule has 2 aromatic rings. The number of hydrogen-bond donors (Lipinski definition) is 1. The lowest BCUT2D eigenvalue weighted by Gasteiger charge is -2.36. The predicted octanol–water partition coefficient (Wildman–Crippen LogP) is 3.48. The van der Waals surface area contributed by atoms with Gasteiger partial charge < -0.3 is 19.9 Å². The van der Waals surface area contributed by atoms with Gasteiger partial charge in [-0.1, -0.05) is 35.9 Å². The number of anilines is 2. The number of nitrogens with one attached hydrogen (secondary N) is 1. The summed E-state index contributed by atoms with van der Waals surface area (Å²) < 4.78 is 4.85. The van der Waals surface area contributed by atoms with E-state index in [1.54, 1.807) is 23.1 Å². The average Bonchev–Trinajstić information content (AvgIpc) is 2.69. The van der Waals surface area contributed by atoms with Crippen LogP contribution in [0.25, 0.3) is 0 Å². The number of carbonyl (C=O) groups excluding carboxylic acids is 2. The van der Waals surface area contributed by atoms with Crippen LogP contribution >= 0.6 is 11.6 Å². The SMILES string of the molecule is COC(=O)c1ccccc1N1CCN(C(=O)Nc2ccccc2Cl)CC1. The molecule has 136 valence electrons. The Morgan fingerprint density at radius 1 is 1.00 bits per heavy atom. The van der Waals surface area contributed by atoms with Crippen molar-refractivity contribution in [2.45, 2.75) is 0 Å². The molecule has 1 heterocycles. The largest absolute Gasteiger partial charge is 0.465 e. The van der Waals surface area contributed by atoms with Crippen LogP contribution in [0.3, 0.4) is 0 Å². The standard InChI is InChI=1S/C19H20ClN3O3/c1-26-18(24)14-6-2-5-9-17(14)22-10-12-23(13-11-22)19(25)21-16-8-4-3-7-15(16)20/h2-9H,10-13H2,1H3,(H,21,25). The minimum Gasteiger partial charge on any atom is -0.465 e. The van der Waals surface area contributed by atoms with Gasteiger partial charge in [0.2, 0.25) is 0 Å². The second-order valence-corrected chi connectivity index (χ2v) is 6.30. The fourth-order valence-corrected chi connectivity index (χ4v) is 3.12. The second-order valence-electron chi connectivity index (χ2n) is 5.89. The summed E-state index contributed by atoms with van der Waals surface area (Å²) in [5.41, 5.74) is 1.95. The molecule has 1 aliphatic heterocycles. The molecule has 1 aliphatic rings. The zero-order valence-corrected chi connectivity index (χ0v) is 15.2. The first-order valence-corrected chi connectivity index (χ1v) is 8.70. The summed E-state index contributed by atoms with van der Waals surface area (Å²) in [5, 5.41) is 3.34. The quantitative estimate of drug-likeness (QED) is 0.837. The van der Waals surface area contributed by atoms with Crippen molar-refractivity contribution in [3.8, 4) is 0 Å². The fourth-order valence-electron chi connectivity index (χ4n) is 2.94. The number of benzene rings is 2. The summed E-state index contributed by atoms with van der Waals surface area (Å²) in [6.07, 6.45) is 0. The summed E-state index contributed by atoms with van der Waals surface area (Å²) in [6.45, 7) is 2.35. The van der Waals surface area contributed by atoms with Crippen LogP contribution in [0.5, 0.6) is 0 Å². The van der Waals surface area contributed by atoms with Gasteiger partial charge in [0.15, 0.2) is 0 Å². The monoisotopic (exact) mass is 373 g/mol. The first kappa shape index (κ1) is 18.1. The van der Waals surface area contributed by atoms with Crippen molar-refractivity contribution < 1.29 is 14.3 Å². The van der Waals surface area contributed by atoms with E-state index in [0.29, 0.717) is 42.5 Å². The number of para-hydroxylation sites is 2. The van der Waals surface area contributed by atoms with E-state index in [-0.39, 0.29) is 12.0 Å². The number of methoxy groups -OCH3 is 1. The van der Waals surface area contributed by atoms with Gasteiger partial charge in [0.25, 0.3) is 0 Å². The van der Waals surface area contributed by atoms with Gasteiger partial charge in [-0.2, -0.15) is 0 Å². The Morgan fingerprint density at radius 3 is 2.35 bits per heavy atom. The number of piperazine rings is 1. The number of rotatable bonds is 3. The van der Waals surface area contributed by atoms with Gasteiger partial charge in [-0.25, -0.2) is 9.59 Å². The van der Waals surface area contributed by atoms with Gasteiger partial charge in [-0.3, -0.25) is 0 Å². The molecule has 0 unspecified atom stereocenters. The minimum atomic E-state index is -0.362. The van der Waals surface area contributed by atoms with Gasteiger partial charge in [-0.05, 0) is 24.3 Å². The summed E-state index contributed by atoms with van der Waals surface area (Å²) in [6, 6.07) is 14.3. The van der Waals surface area contributed by atoms with E-state index >= 15 is 0 Å². The van der Waals surface area contributed by atoms with Gasteiger partial charge in [-0.15, -0.1) is 0 Å². The van der Waals surface area contributed by atoms with Crippen LogP contribution in [0.1, 0.15) is 10.4 Å². The van der Waals surface area contributed by atoms with E-state index in [1.807, 2.05) is 30.3 Å². The average molecular weight is 374 g/mol. The van der Waals surface area contributed by atoms with Crippen molar-refractivity contribution in [1.29, 1.82) is 0 Å². The molecule has 1 fully saturated rings. The third kappa shape index (κ3) is 3.91. The molecular formula is C19H20ClN3O3. The van der Waals surface area contributed by atoms with Crippen molar-refractivity contribution in [3.05, 3.63) is 59.1 Å². The first-order chi connectivity index (χ1) is 12.6. The van der Waals surface area contributed by atoms with E-state index in [4.69, 9.17) is 16.3 Å². The Morgan fingerprint density at radius 2 is 1.65 bits per heavy atom. The highest BCUT2D eigenvalue weighted by atomic mass is 35.5. The van der Waals surface area contributed by atoms with Gasteiger partial charge in [0.1, 0.15) is 0 Å². The van der Waals surface area contributed by atoms with E-state index in [0.717, 1.165) is 5.69 Å². The summed E-state index contributed by atoms with van der Waals surface area (Å²) in [5.74, 6) is -0.362. The Kier molecular flexibility index (Phi) is 5.63. The molecular weight excluding hydrogens is 354 g/mol. The number of carbonyl (C=O) groups is 2. The number of nitrogens with zero attached hydrogens (tertiary/aromatic N) is 2. The maximum atomic E-state index is 12.4. The zero-order valence-electron chi connectivity index (χ0n) is 14.4. The zero-order chi connectivity index (χ0) is 18.5. The number of amides is 2. The molecule has 26 heavy (non-hydrogen) atoms. The molecule has 2 aromatic carbocycles. The molecule has 0 aromatic heterocycles. The maximum absolute atomic E-state index is 12.4. The maximum Gasteiger partial charge on any atom is 0.339 e. The summed E-state index contributed by atoms with van der Waals surface area (Å²) >= 11 is 6.09. The molecule has 0 radical (unpaired) electrons. The van der Waals surface area contributed by atoms with Crippen molar-refractivity contribution in [2.24, 2.45) is 0 Å². The smallest absolute Gasteiger partial charge is 0.339 e. The van der Waals surface area contributed by atoms with Crippen molar-refractivity contribution in [1.82, 2.24) is 4.90 Å². The van der Waals surface area contributed by atoms with E-state index in [2.05, 4.69) is 10.2 Å². The van der Waals surface area contributed by atoms with Crippen LogP contribution in [0.2, 0.25) is 5.02 Å². The number of halogens is 1. The molecule has 1 N–H and O–H groups in total. The molecule has 6 nitrogen and oxygen atoms in total. The third-order valence-electron chi connectivity index (χ3n) is 4.33. The molecule has 2 amide bonds. The van der Waals surface area contributed by atoms with E-state index in [1.165, 1.54) is 7.11 Å². The third-order valence-corrected chi connectivity index (χ3v) is 4.66. The number of ether oxygens (including phenoxy) is 1. The summed E-state index contributed by atoms with van der Waals surface area (Å²) in [7, 11) is 1.37. The predicted molar refractivity (Wildman–Crippen MR) is 102 cm³/mol.